The van der Waals surface area contributed by atoms with E-state index in [1.54, 1.807) is 18.5 Å². The van der Waals surface area contributed by atoms with Gasteiger partial charge in [0.15, 0.2) is 5.65 Å². The number of carbonyl (C=O) groups is 1. The molecule has 1 N–H and O–H groups in total. The second-order valence-electron chi connectivity index (χ2n) is 10.2. The number of nitrogens with zero attached hydrogens (tertiary/aromatic N) is 7. The largest absolute Gasteiger partial charge is 0.350 e. The number of nitrogens with one attached hydrogen (secondary N) is 1. The number of fused-ring (bicyclic) bond motifs is 4. The zero-order valence-electron chi connectivity index (χ0n) is 19.3. The van der Waals surface area contributed by atoms with Crippen molar-refractivity contribution in [2.24, 2.45) is 12.5 Å². The Labute approximate surface area is 186 Å². The molecule has 3 aliphatic heterocycles. The molecule has 3 aromatic rings. The van der Waals surface area contributed by atoms with Crippen LogP contribution in [-0.2, 0) is 13.6 Å². The molecule has 10 nitrogen and oxygen atoms in total. The summed E-state index contributed by atoms with van der Waals surface area (Å²) < 4.78 is 3.45. The molecule has 2 unspecified atom stereocenters. The molecule has 0 spiro atoms. The monoisotopic (exact) mass is 438 g/mol. The molecule has 3 aliphatic rings. The number of amides is 1. The minimum Gasteiger partial charge on any atom is -0.350 e. The number of piperidine rings is 2. The van der Waals surface area contributed by atoms with Gasteiger partial charge in [0.25, 0.3) is 5.91 Å². The van der Waals surface area contributed by atoms with E-state index in [9.17, 15) is 9.59 Å². The van der Waals surface area contributed by atoms with Crippen LogP contribution in [0.5, 0.6) is 0 Å². The highest BCUT2D eigenvalue weighted by molar-refractivity contribution is 5.91. The van der Waals surface area contributed by atoms with E-state index in [4.69, 9.17) is 4.98 Å². The van der Waals surface area contributed by atoms with E-state index in [-0.39, 0.29) is 29.1 Å². The van der Waals surface area contributed by atoms with Gasteiger partial charge >= 0.3 is 5.69 Å². The van der Waals surface area contributed by atoms with Crippen LogP contribution in [0.15, 0.2) is 16.9 Å². The first-order valence-corrected chi connectivity index (χ1v) is 11.2. The van der Waals surface area contributed by atoms with Crippen LogP contribution < -0.4 is 10.6 Å². The van der Waals surface area contributed by atoms with Crippen LogP contribution in [0.4, 0.5) is 5.82 Å². The molecule has 3 aromatic heterocycles. The van der Waals surface area contributed by atoms with Gasteiger partial charge in [-0.05, 0) is 37.3 Å². The van der Waals surface area contributed by atoms with Gasteiger partial charge in [0.2, 0.25) is 5.82 Å². The van der Waals surface area contributed by atoms with Crippen molar-refractivity contribution in [3.63, 3.8) is 0 Å². The van der Waals surface area contributed by atoms with Crippen molar-refractivity contribution in [2.75, 3.05) is 18.0 Å². The summed E-state index contributed by atoms with van der Waals surface area (Å²) in [6.07, 6.45) is 1.97. The highest BCUT2D eigenvalue weighted by Crippen LogP contribution is 2.33. The van der Waals surface area contributed by atoms with E-state index in [1.807, 2.05) is 21.6 Å². The zero-order chi connectivity index (χ0) is 22.8. The van der Waals surface area contributed by atoms with Crippen molar-refractivity contribution in [3.05, 3.63) is 34.3 Å². The Hall–Kier alpha value is -3.17. The van der Waals surface area contributed by atoms with Crippen molar-refractivity contribution in [1.29, 1.82) is 0 Å². The second-order valence-corrected chi connectivity index (χ2v) is 10.2. The molecule has 0 saturated carbocycles. The topological polar surface area (TPSA) is 105 Å². The lowest BCUT2D eigenvalue weighted by Gasteiger charge is -2.51. The number of pyridine rings is 1. The molecule has 170 valence electrons. The molecular formula is C22H30N8O2. The third-order valence-corrected chi connectivity index (χ3v) is 6.48. The zero-order valence-corrected chi connectivity index (χ0v) is 19.3. The summed E-state index contributed by atoms with van der Waals surface area (Å²) in [6.45, 7) is 10.1. The molecule has 2 atom stereocenters. The molecule has 0 aliphatic carbocycles. The lowest BCUT2D eigenvalue weighted by atomic mass is 9.90. The van der Waals surface area contributed by atoms with Gasteiger partial charge in [-0.2, -0.15) is 5.10 Å². The SMILES string of the molecule is Cc1n[nH]c(C(=O)N2CC3CCC2CN3c2ccc3c(n2)n(C)c(=O)n3CC(C)(C)C)n1. The molecular weight excluding hydrogens is 408 g/mol. The van der Waals surface area contributed by atoms with E-state index in [0.29, 0.717) is 30.4 Å². The van der Waals surface area contributed by atoms with Crippen molar-refractivity contribution < 1.29 is 4.79 Å². The number of aromatic nitrogens is 6. The molecule has 6 heterocycles. The standard InChI is InChI=1S/C22H30N8O2/c1-13-23-18(26-25-13)20(31)29-11-14-6-7-15(29)10-28(14)17-9-8-16-19(24-17)27(5)21(32)30(16)12-22(2,3)4/h8-9,14-15H,6-7,10-12H2,1-5H3,(H,23,25,26). The van der Waals surface area contributed by atoms with Crippen LogP contribution in [0.2, 0.25) is 0 Å². The van der Waals surface area contributed by atoms with Crippen LogP contribution in [-0.4, -0.2) is 65.3 Å². The molecule has 2 bridgehead atoms. The van der Waals surface area contributed by atoms with Crippen molar-refractivity contribution in [1.82, 2.24) is 34.2 Å². The molecule has 6 rings (SSSR count). The van der Waals surface area contributed by atoms with Crippen molar-refractivity contribution in [3.8, 4) is 0 Å². The number of H-pyrrole nitrogens is 1. The Kier molecular flexibility index (Phi) is 4.65. The van der Waals surface area contributed by atoms with Gasteiger partial charge in [0.05, 0.1) is 5.52 Å². The minimum atomic E-state index is -0.0926. The number of aryl methyl sites for hydroxylation is 2. The average molecular weight is 439 g/mol. The van der Waals surface area contributed by atoms with Crippen LogP contribution >= 0.6 is 0 Å². The molecule has 1 amide bonds. The maximum absolute atomic E-state index is 12.9. The van der Waals surface area contributed by atoms with Crippen LogP contribution in [0.1, 0.15) is 50.1 Å². The summed E-state index contributed by atoms with van der Waals surface area (Å²) in [4.78, 5) is 39.1. The van der Waals surface area contributed by atoms with E-state index in [0.717, 1.165) is 30.7 Å². The van der Waals surface area contributed by atoms with Gasteiger partial charge in [-0.15, -0.1) is 0 Å². The Morgan fingerprint density at radius 1 is 1.16 bits per heavy atom. The fraction of sp³-hybridized carbons (Fsp3) is 0.591. The first-order valence-electron chi connectivity index (χ1n) is 11.2. The number of hydrogen-bond donors (Lipinski definition) is 1. The Morgan fingerprint density at radius 2 is 1.91 bits per heavy atom. The minimum absolute atomic E-state index is 0.0130. The quantitative estimate of drug-likeness (QED) is 0.667. The van der Waals surface area contributed by atoms with E-state index in [2.05, 4.69) is 40.9 Å². The number of rotatable bonds is 3. The first kappa shape index (κ1) is 20.7. The van der Waals surface area contributed by atoms with Gasteiger partial charge in [0.1, 0.15) is 11.6 Å². The first-order chi connectivity index (χ1) is 15.1. The average Bonchev–Trinajstić information content (AvgIpc) is 3.29. The molecule has 3 fully saturated rings. The Balaban J connectivity index is 1.43. The number of hydrogen-bond acceptors (Lipinski definition) is 6. The Morgan fingerprint density at radius 3 is 2.53 bits per heavy atom. The molecule has 10 heteroatoms. The summed E-state index contributed by atoms with van der Waals surface area (Å²) in [7, 11) is 1.78. The summed E-state index contributed by atoms with van der Waals surface area (Å²) in [5.74, 6) is 1.64. The fourth-order valence-corrected chi connectivity index (χ4v) is 4.99. The van der Waals surface area contributed by atoms with E-state index >= 15 is 0 Å². The highest BCUT2D eigenvalue weighted by atomic mass is 16.2. The Bertz CT molecular complexity index is 1250. The third-order valence-electron chi connectivity index (χ3n) is 6.48. The maximum atomic E-state index is 12.9. The third kappa shape index (κ3) is 3.37. The van der Waals surface area contributed by atoms with Gasteiger partial charge < -0.3 is 9.80 Å². The second kappa shape index (κ2) is 7.18. The summed E-state index contributed by atoms with van der Waals surface area (Å²) in [5, 5.41) is 6.73. The van der Waals surface area contributed by atoms with Crippen LogP contribution in [0.3, 0.4) is 0 Å². The number of imidazole rings is 1. The predicted octanol–water partition coefficient (Wildman–Crippen LogP) is 1.70. The molecule has 3 saturated heterocycles. The van der Waals surface area contributed by atoms with Gasteiger partial charge in [-0.3, -0.25) is 19.0 Å². The smallest absolute Gasteiger partial charge is 0.330 e. The normalized spacial score (nSPS) is 21.0. The number of piperazine rings is 1. The molecule has 0 aromatic carbocycles. The van der Waals surface area contributed by atoms with Crippen molar-refractivity contribution >= 4 is 22.9 Å². The van der Waals surface area contributed by atoms with Crippen LogP contribution in [0, 0.1) is 12.3 Å². The molecule has 0 radical (unpaired) electrons. The predicted molar refractivity (Wildman–Crippen MR) is 121 cm³/mol. The highest BCUT2D eigenvalue weighted by Gasteiger charge is 2.42. The number of aromatic amines is 1. The van der Waals surface area contributed by atoms with Gasteiger partial charge in [-0.1, -0.05) is 20.8 Å². The van der Waals surface area contributed by atoms with Gasteiger partial charge in [-0.25, -0.2) is 14.8 Å². The van der Waals surface area contributed by atoms with Crippen LogP contribution in [0.25, 0.3) is 11.2 Å². The number of carbonyl (C=O) groups excluding carboxylic acids is 1. The van der Waals surface area contributed by atoms with E-state index < -0.39 is 0 Å². The summed E-state index contributed by atoms with van der Waals surface area (Å²) in [5.41, 5.74) is 1.50. The maximum Gasteiger partial charge on any atom is 0.330 e. The summed E-state index contributed by atoms with van der Waals surface area (Å²) >= 11 is 0. The fourth-order valence-electron chi connectivity index (χ4n) is 4.99. The van der Waals surface area contributed by atoms with Crippen molar-refractivity contribution in [2.45, 2.75) is 59.2 Å². The van der Waals surface area contributed by atoms with E-state index in [1.165, 1.54) is 0 Å². The van der Waals surface area contributed by atoms with Gasteiger partial charge in [0, 0.05) is 38.8 Å². The summed E-state index contributed by atoms with van der Waals surface area (Å²) in [6, 6.07) is 4.30. The number of anilines is 1. The molecule has 32 heavy (non-hydrogen) atoms. The lowest BCUT2D eigenvalue weighted by Crippen LogP contribution is -2.64. The lowest BCUT2D eigenvalue weighted by molar-refractivity contribution is 0.0492.